The van der Waals surface area contributed by atoms with Crippen LogP contribution in [0.1, 0.15) is 16.5 Å². The second-order valence-corrected chi connectivity index (χ2v) is 8.17. The number of benzene rings is 1. The fraction of sp³-hybridized carbons (Fsp3) is 0.364. The van der Waals surface area contributed by atoms with Gasteiger partial charge in [-0.25, -0.2) is 0 Å². The van der Waals surface area contributed by atoms with Gasteiger partial charge in [-0.15, -0.1) is 11.3 Å². The van der Waals surface area contributed by atoms with Crippen molar-refractivity contribution in [3.05, 3.63) is 57.8 Å². The van der Waals surface area contributed by atoms with E-state index in [4.69, 9.17) is 9.47 Å². The van der Waals surface area contributed by atoms with Crippen LogP contribution in [0.3, 0.4) is 0 Å². The maximum absolute atomic E-state index is 12.9. The van der Waals surface area contributed by atoms with Crippen molar-refractivity contribution in [2.45, 2.75) is 6.04 Å². The normalized spacial score (nSPS) is 21.9. The summed E-state index contributed by atoms with van der Waals surface area (Å²) in [7, 11) is 1.56. The van der Waals surface area contributed by atoms with Crippen molar-refractivity contribution < 1.29 is 24.2 Å². The van der Waals surface area contributed by atoms with Gasteiger partial charge in [0.2, 0.25) is 0 Å². The molecule has 4 rings (SSSR count). The highest BCUT2D eigenvalue weighted by atomic mass is 32.1. The third kappa shape index (κ3) is 3.98. The molecule has 8 heteroatoms. The molecular formula is C22H24N2O5S. The van der Waals surface area contributed by atoms with Gasteiger partial charge in [-0.3, -0.25) is 14.5 Å². The van der Waals surface area contributed by atoms with E-state index in [0.717, 1.165) is 18.0 Å². The van der Waals surface area contributed by atoms with Crippen LogP contribution in [0.2, 0.25) is 0 Å². The number of aliphatic hydroxyl groups is 1. The van der Waals surface area contributed by atoms with Crippen LogP contribution in [0.25, 0.3) is 5.76 Å². The molecule has 3 heterocycles. The monoisotopic (exact) mass is 428 g/mol. The van der Waals surface area contributed by atoms with Gasteiger partial charge in [0.05, 0.1) is 31.9 Å². The lowest BCUT2D eigenvalue weighted by molar-refractivity contribution is -0.140. The zero-order valence-corrected chi connectivity index (χ0v) is 17.6. The SMILES string of the molecule is COc1ccc(/C(O)=C2\C(=O)C(=O)N(CCN3CCOCC3)[C@@H]2c2cccs2)cc1. The number of Topliss-reactive ketones (excluding diaryl/α,β-unsaturated/α-hetero) is 1. The minimum atomic E-state index is -0.649. The van der Waals surface area contributed by atoms with Crippen LogP contribution in [0.15, 0.2) is 47.4 Å². The van der Waals surface area contributed by atoms with Gasteiger partial charge in [-0.1, -0.05) is 6.07 Å². The van der Waals surface area contributed by atoms with Crippen molar-refractivity contribution in [3.8, 4) is 5.75 Å². The zero-order valence-electron chi connectivity index (χ0n) is 16.7. The lowest BCUT2D eigenvalue weighted by atomic mass is 10.00. The van der Waals surface area contributed by atoms with Gasteiger partial charge in [0.15, 0.2) is 0 Å². The molecule has 7 nitrogen and oxygen atoms in total. The predicted octanol–water partition coefficient (Wildman–Crippen LogP) is 2.51. The minimum absolute atomic E-state index is 0.134. The Kier molecular flexibility index (Phi) is 6.17. The van der Waals surface area contributed by atoms with E-state index in [0.29, 0.717) is 37.6 Å². The summed E-state index contributed by atoms with van der Waals surface area (Å²) in [5.41, 5.74) is 0.609. The molecular weight excluding hydrogens is 404 g/mol. The summed E-state index contributed by atoms with van der Waals surface area (Å²) in [5, 5.41) is 12.9. The first-order chi connectivity index (χ1) is 14.6. The smallest absolute Gasteiger partial charge is 0.295 e. The fourth-order valence-electron chi connectivity index (χ4n) is 3.83. The molecule has 0 bridgehead atoms. The quantitative estimate of drug-likeness (QED) is 0.433. The first-order valence-electron chi connectivity index (χ1n) is 9.86. The largest absolute Gasteiger partial charge is 0.507 e. The highest BCUT2D eigenvalue weighted by Crippen LogP contribution is 2.41. The van der Waals surface area contributed by atoms with Crippen molar-refractivity contribution in [2.24, 2.45) is 0 Å². The zero-order chi connectivity index (χ0) is 21.1. The molecule has 0 aliphatic carbocycles. The Morgan fingerprint density at radius 3 is 2.53 bits per heavy atom. The number of carbonyl (C=O) groups is 2. The molecule has 2 aromatic rings. The second kappa shape index (κ2) is 8.99. The topological polar surface area (TPSA) is 79.3 Å². The minimum Gasteiger partial charge on any atom is -0.507 e. The Balaban J connectivity index is 1.67. The van der Waals surface area contributed by atoms with Gasteiger partial charge < -0.3 is 19.5 Å². The van der Waals surface area contributed by atoms with E-state index in [1.165, 1.54) is 11.3 Å². The number of rotatable bonds is 6. The predicted molar refractivity (Wildman–Crippen MR) is 114 cm³/mol. The summed E-state index contributed by atoms with van der Waals surface area (Å²) in [4.78, 5) is 30.5. The van der Waals surface area contributed by atoms with Gasteiger partial charge in [-0.2, -0.15) is 0 Å². The summed E-state index contributed by atoms with van der Waals surface area (Å²) in [6.07, 6.45) is 0. The van der Waals surface area contributed by atoms with Crippen molar-refractivity contribution in [1.82, 2.24) is 9.80 Å². The first kappa shape index (κ1) is 20.6. The number of nitrogens with zero attached hydrogens (tertiary/aromatic N) is 2. The van der Waals surface area contributed by atoms with Crippen molar-refractivity contribution in [3.63, 3.8) is 0 Å². The van der Waals surface area contributed by atoms with E-state index < -0.39 is 17.7 Å². The van der Waals surface area contributed by atoms with Gasteiger partial charge in [-0.05, 0) is 35.7 Å². The maximum atomic E-state index is 12.9. The van der Waals surface area contributed by atoms with Crippen molar-refractivity contribution in [1.29, 1.82) is 0 Å². The number of likely N-dealkylation sites (tertiary alicyclic amines) is 1. The van der Waals surface area contributed by atoms with Gasteiger partial charge >= 0.3 is 0 Å². The molecule has 2 saturated heterocycles. The number of thiophene rings is 1. The molecule has 2 fully saturated rings. The molecule has 158 valence electrons. The van der Waals surface area contributed by atoms with Crippen LogP contribution in [-0.2, 0) is 14.3 Å². The number of hydrogen-bond acceptors (Lipinski definition) is 7. The van der Waals surface area contributed by atoms with E-state index in [2.05, 4.69) is 4.90 Å². The third-order valence-electron chi connectivity index (χ3n) is 5.48. The summed E-state index contributed by atoms with van der Waals surface area (Å²) in [5.74, 6) is -0.740. The molecule has 30 heavy (non-hydrogen) atoms. The van der Waals surface area contributed by atoms with Crippen LogP contribution in [0, 0.1) is 0 Å². The Morgan fingerprint density at radius 2 is 1.90 bits per heavy atom. The van der Waals surface area contributed by atoms with Crippen LogP contribution < -0.4 is 4.74 Å². The third-order valence-corrected chi connectivity index (χ3v) is 6.40. The second-order valence-electron chi connectivity index (χ2n) is 7.19. The van der Waals surface area contributed by atoms with Crippen LogP contribution >= 0.6 is 11.3 Å². The van der Waals surface area contributed by atoms with E-state index in [1.807, 2.05) is 17.5 Å². The lowest BCUT2D eigenvalue weighted by Crippen LogP contribution is -2.42. The van der Waals surface area contributed by atoms with Gasteiger partial charge in [0.1, 0.15) is 11.5 Å². The molecule has 0 unspecified atom stereocenters. The molecule has 0 saturated carbocycles. The maximum Gasteiger partial charge on any atom is 0.295 e. The molecule has 0 spiro atoms. The average Bonchev–Trinajstić information content (AvgIpc) is 3.40. The van der Waals surface area contributed by atoms with Gasteiger partial charge in [0, 0.05) is 36.6 Å². The Labute approximate surface area is 179 Å². The fourth-order valence-corrected chi connectivity index (χ4v) is 4.68. The van der Waals surface area contributed by atoms with Crippen LogP contribution in [-0.4, -0.2) is 73.1 Å². The van der Waals surface area contributed by atoms with Crippen molar-refractivity contribution >= 4 is 28.8 Å². The van der Waals surface area contributed by atoms with E-state index in [1.54, 1.807) is 36.3 Å². The summed E-state index contributed by atoms with van der Waals surface area (Å²) >= 11 is 1.47. The molecule has 2 aliphatic heterocycles. The number of carbonyl (C=O) groups excluding carboxylic acids is 2. The Hall–Kier alpha value is -2.68. The van der Waals surface area contributed by atoms with E-state index in [-0.39, 0.29) is 11.3 Å². The molecule has 1 aromatic carbocycles. The highest BCUT2D eigenvalue weighted by Gasteiger charge is 2.46. The molecule has 1 aromatic heterocycles. The molecule has 0 radical (unpaired) electrons. The number of hydrogen-bond donors (Lipinski definition) is 1. The standard InChI is InChI=1S/C22H24N2O5S/c1-28-16-6-4-15(5-7-16)20(25)18-19(17-3-2-14-30-17)24(22(27)21(18)26)9-8-23-10-12-29-13-11-23/h2-7,14,19,25H,8-13H2,1H3/b20-18+/t19-/m1/s1. The van der Waals surface area contributed by atoms with Gasteiger partial charge in [0.25, 0.3) is 11.7 Å². The van der Waals surface area contributed by atoms with E-state index in [9.17, 15) is 14.7 Å². The number of morpholine rings is 1. The molecule has 1 atom stereocenters. The highest BCUT2D eigenvalue weighted by molar-refractivity contribution is 7.10. The molecule has 2 aliphatic rings. The Morgan fingerprint density at radius 1 is 1.17 bits per heavy atom. The summed E-state index contributed by atoms with van der Waals surface area (Å²) < 4.78 is 10.5. The van der Waals surface area contributed by atoms with Crippen LogP contribution in [0.5, 0.6) is 5.75 Å². The average molecular weight is 429 g/mol. The summed E-state index contributed by atoms with van der Waals surface area (Å²) in [6, 6.07) is 9.97. The summed E-state index contributed by atoms with van der Waals surface area (Å²) in [6.45, 7) is 4.02. The number of ketones is 1. The van der Waals surface area contributed by atoms with Crippen molar-refractivity contribution in [2.75, 3.05) is 46.5 Å². The van der Waals surface area contributed by atoms with E-state index >= 15 is 0 Å². The first-order valence-corrected chi connectivity index (χ1v) is 10.7. The molecule has 1 amide bonds. The number of amides is 1. The lowest BCUT2D eigenvalue weighted by Gasteiger charge is -2.30. The number of methoxy groups -OCH3 is 1. The number of ether oxygens (including phenoxy) is 2. The Bertz CT molecular complexity index is 933. The number of aliphatic hydroxyl groups excluding tert-OH is 1. The van der Waals surface area contributed by atoms with Crippen LogP contribution in [0.4, 0.5) is 0 Å². The molecule has 1 N–H and O–H groups in total.